The van der Waals surface area contributed by atoms with Crippen LogP contribution in [0, 0.1) is 29.6 Å². The van der Waals surface area contributed by atoms with E-state index in [0.29, 0.717) is 11.4 Å². The lowest BCUT2D eigenvalue weighted by molar-refractivity contribution is -0.121. The monoisotopic (exact) mass is 521 g/mol. The number of rotatable bonds is 6. The summed E-state index contributed by atoms with van der Waals surface area (Å²) in [6.45, 7) is 2.03. The standard InChI is InChI=1S/C28H19N5O2S2/c1-17-7-12-23-22(13-17)32-26(36-23)18-8-10-21(11-9-18)33-25(34)14-24(28(33)35)37-27(19(15-29)16-30)31-20-5-3-2-4-6-20/h2-13,24,31H,14H2,1H3. The predicted molar refractivity (Wildman–Crippen MR) is 147 cm³/mol. The van der Waals surface area contributed by atoms with E-state index in [4.69, 9.17) is 4.98 Å². The number of thioether (sulfide) groups is 1. The summed E-state index contributed by atoms with van der Waals surface area (Å²) in [5, 5.41) is 22.2. The van der Waals surface area contributed by atoms with Crippen LogP contribution in [0.15, 0.2) is 83.4 Å². The second-order valence-corrected chi connectivity index (χ2v) is 10.6. The molecule has 5 rings (SSSR count). The molecule has 4 aromatic rings. The summed E-state index contributed by atoms with van der Waals surface area (Å²) in [6.07, 6.45) is -0.0351. The Morgan fingerprint density at radius 2 is 1.78 bits per heavy atom. The zero-order valence-electron chi connectivity index (χ0n) is 19.6. The fourth-order valence-electron chi connectivity index (χ4n) is 3.95. The van der Waals surface area contributed by atoms with Gasteiger partial charge in [-0.2, -0.15) is 10.5 Å². The molecule has 37 heavy (non-hydrogen) atoms. The summed E-state index contributed by atoms with van der Waals surface area (Å²) >= 11 is 2.61. The molecule has 7 nitrogen and oxygen atoms in total. The van der Waals surface area contributed by atoms with Crippen molar-refractivity contribution in [2.24, 2.45) is 0 Å². The van der Waals surface area contributed by atoms with Crippen molar-refractivity contribution in [2.75, 3.05) is 10.2 Å². The van der Waals surface area contributed by atoms with Crippen molar-refractivity contribution >= 4 is 56.5 Å². The predicted octanol–water partition coefficient (Wildman–Crippen LogP) is 6.01. The summed E-state index contributed by atoms with van der Waals surface area (Å²) < 4.78 is 1.09. The van der Waals surface area contributed by atoms with Gasteiger partial charge < -0.3 is 5.32 Å². The number of carbonyl (C=O) groups is 2. The van der Waals surface area contributed by atoms with Gasteiger partial charge in [0.1, 0.15) is 22.2 Å². The van der Waals surface area contributed by atoms with Crippen LogP contribution in [-0.2, 0) is 9.59 Å². The van der Waals surface area contributed by atoms with Gasteiger partial charge in [-0.1, -0.05) is 36.0 Å². The van der Waals surface area contributed by atoms with E-state index in [-0.39, 0.29) is 28.8 Å². The quantitative estimate of drug-likeness (QED) is 0.244. The van der Waals surface area contributed by atoms with E-state index < -0.39 is 5.25 Å². The summed E-state index contributed by atoms with van der Waals surface area (Å²) in [4.78, 5) is 32.0. The molecule has 1 N–H and O–H groups in total. The van der Waals surface area contributed by atoms with Gasteiger partial charge in [-0.3, -0.25) is 9.59 Å². The van der Waals surface area contributed by atoms with Crippen molar-refractivity contribution in [3.05, 3.63) is 89.0 Å². The Balaban J connectivity index is 1.36. The van der Waals surface area contributed by atoms with Crippen LogP contribution in [0.5, 0.6) is 0 Å². The van der Waals surface area contributed by atoms with Crippen LogP contribution in [0.4, 0.5) is 11.4 Å². The highest BCUT2D eigenvalue weighted by Crippen LogP contribution is 2.36. The molecule has 0 radical (unpaired) electrons. The van der Waals surface area contributed by atoms with Crippen LogP contribution >= 0.6 is 23.1 Å². The Kier molecular flexibility index (Phi) is 6.74. The third kappa shape index (κ3) is 4.96. The second kappa shape index (κ2) is 10.3. The lowest BCUT2D eigenvalue weighted by atomic mass is 10.2. The third-order valence-corrected chi connectivity index (χ3v) is 8.04. The van der Waals surface area contributed by atoms with Crippen LogP contribution in [-0.4, -0.2) is 22.0 Å². The molecule has 1 fully saturated rings. The molecule has 1 aromatic heterocycles. The first-order chi connectivity index (χ1) is 18.0. The number of aryl methyl sites for hydroxylation is 1. The smallest absolute Gasteiger partial charge is 0.247 e. The van der Waals surface area contributed by atoms with E-state index in [1.54, 1.807) is 35.6 Å². The fraction of sp³-hybridized carbons (Fsp3) is 0.107. The molecule has 1 atom stereocenters. The van der Waals surface area contributed by atoms with E-state index in [9.17, 15) is 20.1 Å². The lowest BCUT2D eigenvalue weighted by Gasteiger charge is -2.16. The molecule has 1 unspecified atom stereocenters. The Morgan fingerprint density at radius 1 is 1.05 bits per heavy atom. The number of hydrogen-bond acceptors (Lipinski definition) is 8. The Hall–Kier alpha value is -4.44. The van der Waals surface area contributed by atoms with E-state index in [1.165, 1.54) is 4.90 Å². The van der Waals surface area contributed by atoms with Gasteiger partial charge in [0.15, 0.2) is 5.57 Å². The SMILES string of the molecule is Cc1ccc2sc(-c3ccc(N4C(=O)CC(SC(Nc5ccccc5)=C(C#N)C#N)C4=O)cc3)nc2c1. The molecule has 1 aliphatic rings. The Morgan fingerprint density at radius 3 is 2.49 bits per heavy atom. The molecule has 2 amide bonds. The summed E-state index contributed by atoms with van der Waals surface area (Å²) in [5.41, 5.74) is 3.98. The van der Waals surface area contributed by atoms with Crippen molar-refractivity contribution in [3.8, 4) is 22.7 Å². The molecule has 3 aromatic carbocycles. The van der Waals surface area contributed by atoms with Gasteiger partial charge in [-0.15, -0.1) is 11.3 Å². The first kappa shape index (κ1) is 24.3. The minimum absolute atomic E-state index is 0.0351. The molecule has 0 aliphatic carbocycles. The average molecular weight is 522 g/mol. The highest BCUT2D eigenvalue weighted by molar-refractivity contribution is 8.04. The van der Waals surface area contributed by atoms with Crippen molar-refractivity contribution in [1.29, 1.82) is 10.5 Å². The van der Waals surface area contributed by atoms with Crippen LogP contribution in [0.2, 0.25) is 0 Å². The Bertz CT molecular complexity index is 1610. The Labute approximate surface area is 221 Å². The van der Waals surface area contributed by atoms with Crippen LogP contribution in [0.3, 0.4) is 0 Å². The van der Waals surface area contributed by atoms with E-state index in [2.05, 4.69) is 17.4 Å². The van der Waals surface area contributed by atoms with Gasteiger partial charge in [-0.25, -0.2) is 9.88 Å². The van der Waals surface area contributed by atoms with Gasteiger partial charge in [0.25, 0.3) is 0 Å². The average Bonchev–Trinajstić information content (AvgIpc) is 3.45. The maximum atomic E-state index is 13.3. The molecule has 1 saturated heterocycles. The van der Waals surface area contributed by atoms with Crippen LogP contribution in [0.25, 0.3) is 20.8 Å². The zero-order chi connectivity index (χ0) is 25.9. The second-order valence-electron chi connectivity index (χ2n) is 8.33. The molecule has 180 valence electrons. The highest BCUT2D eigenvalue weighted by atomic mass is 32.2. The zero-order valence-corrected chi connectivity index (χ0v) is 21.3. The molecule has 0 spiro atoms. The molecule has 0 bridgehead atoms. The first-order valence-corrected chi connectivity index (χ1v) is 13.0. The number of para-hydroxylation sites is 1. The van der Waals surface area contributed by atoms with E-state index in [1.807, 2.05) is 55.5 Å². The summed E-state index contributed by atoms with van der Waals surface area (Å²) in [7, 11) is 0. The third-order valence-electron chi connectivity index (χ3n) is 5.76. The minimum Gasteiger partial charge on any atom is -0.349 e. The summed E-state index contributed by atoms with van der Waals surface area (Å²) in [5.74, 6) is -0.721. The van der Waals surface area contributed by atoms with Gasteiger partial charge in [0.05, 0.1) is 21.2 Å². The number of fused-ring (bicyclic) bond motifs is 1. The minimum atomic E-state index is -0.761. The molecule has 2 heterocycles. The number of benzene rings is 3. The van der Waals surface area contributed by atoms with E-state index in [0.717, 1.165) is 38.1 Å². The molecule has 9 heteroatoms. The fourth-order valence-corrected chi connectivity index (χ4v) is 6.01. The molecule has 1 aliphatic heterocycles. The number of nitrogens with zero attached hydrogens (tertiary/aromatic N) is 4. The topological polar surface area (TPSA) is 110 Å². The number of thiazole rings is 1. The highest BCUT2D eigenvalue weighted by Gasteiger charge is 2.41. The van der Waals surface area contributed by atoms with Crippen molar-refractivity contribution < 1.29 is 9.59 Å². The lowest BCUT2D eigenvalue weighted by Crippen LogP contribution is -2.31. The number of allylic oxidation sites excluding steroid dienone is 1. The van der Waals surface area contributed by atoms with Crippen molar-refractivity contribution in [1.82, 2.24) is 4.98 Å². The van der Waals surface area contributed by atoms with Crippen LogP contribution in [0.1, 0.15) is 12.0 Å². The number of aromatic nitrogens is 1. The van der Waals surface area contributed by atoms with Crippen molar-refractivity contribution in [3.63, 3.8) is 0 Å². The van der Waals surface area contributed by atoms with Crippen molar-refractivity contribution in [2.45, 2.75) is 18.6 Å². The maximum Gasteiger partial charge on any atom is 0.247 e. The van der Waals surface area contributed by atoms with Crippen LogP contribution < -0.4 is 10.2 Å². The van der Waals surface area contributed by atoms with Gasteiger partial charge >= 0.3 is 0 Å². The molecule has 0 saturated carbocycles. The molecular formula is C28H19N5O2S2. The normalized spacial score (nSPS) is 14.9. The number of imide groups is 1. The number of nitrogens with one attached hydrogen (secondary N) is 1. The number of anilines is 2. The van der Waals surface area contributed by atoms with Gasteiger partial charge in [0.2, 0.25) is 11.8 Å². The number of hydrogen-bond donors (Lipinski definition) is 1. The van der Waals surface area contributed by atoms with E-state index >= 15 is 0 Å². The number of carbonyl (C=O) groups excluding carboxylic acids is 2. The molecular weight excluding hydrogens is 502 g/mol. The van der Waals surface area contributed by atoms with Gasteiger partial charge in [-0.05, 0) is 61.0 Å². The largest absolute Gasteiger partial charge is 0.349 e. The number of nitriles is 2. The first-order valence-electron chi connectivity index (χ1n) is 11.3. The number of amides is 2. The summed E-state index contributed by atoms with van der Waals surface area (Å²) in [6, 6.07) is 26.1. The maximum absolute atomic E-state index is 13.3. The van der Waals surface area contributed by atoms with Gasteiger partial charge in [0, 0.05) is 17.7 Å².